The van der Waals surface area contributed by atoms with Crippen molar-refractivity contribution in [2.75, 3.05) is 6.54 Å². The van der Waals surface area contributed by atoms with Crippen molar-refractivity contribution in [3.05, 3.63) is 45.7 Å². The molecule has 0 fully saturated rings. The molecule has 0 saturated carbocycles. The Labute approximate surface area is 118 Å². The highest BCUT2D eigenvalue weighted by atomic mass is 32.1. The van der Waals surface area contributed by atoms with Crippen LogP contribution in [0.1, 0.15) is 35.3 Å². The molecule has 2 aromatic heterocycles. The molecule has 0 aliphatic carbocycles. The summed E-state index contributed by atoms with van der Waals surface area (Å²) in [5, 5.41) is 2.15. The van der Waals surface area contributed by atoms with Gasteiger partial charge in [-0.15, -0.1) is 11.3 Å². The Morgan fingerprint density at radius 1 is 1.42 bits per heavy atom. The van der Waals surface area contributed by atoms with E-state index in [0.717, 1.165) is 44.7 Å². The molecular formula is C15H19N3S. The molecule has 3 nitrogen and oxygen atoms in total. The highest BCUT2D eigenvalue weighted by Crippen LogP contribution is 2.20. The van der Waals surface area contributed by atoms with E-state index in [1.165, 1.54) is 16.1 Å². The van der Waals surface area contributed by atoms with E-state index in [-0.39, 0.29) is 0 Å². The van der Waals surface area contributed by atoms with Crippen molar-refractivity contribution in [1.29, 1.82) is 0 Å². The van der Waals surface area contributed by atoms with E-state index in [9.17, 15) is 0 Å². The molecule has 1 aliphatic heterocycles. The van der Waals surface area contributed by atoms with Crippen LogP contribution in [0.25, 0.3) is 0 Å². The average molecular weight is 273 g/mol. The smallest absolute Gasteiger partial charge is 0.128 e. The van der Waals surface area contributed by atoms with Gasteiger partial charge in [0, 0.05) is 54.8 Å². The van der Waals surface area contributed by atoms with E-state index < -0.39 is 0 Å². The summed E-state index contributed by atoms with van der Waals surface area (Å²) >= 11 is 1.83. The van der Waals surface area contributed by atoms with Crippen molar-refractivity contribution in [1.82, 2.24) is 14.9 Å². The molecule has 1 aliphatic rings. The molecule has 3 rings (SSSR count). The summed E-state index contributed by atoms with van der Waals surface area (Å²) in [6.07, 6.45) is 5.20. The van der Waals surface area contributed by atoms with E-state index in [2.05, 4.69) is 34.3 Å². The molecule has 4 heteroatoms. The van der Waals surface area contributed by atoms with Crippen LogP contribution < -0.4 is 0 Å². The van der Waals surface area contributed by atoms with Gasteiger partial charge in [0.05, 0.1) is 0 Å². The van der Waals surface area contributed by atoms with Crippen molar-refractivity contribution >= 4 is 11.3 Å². The molecule has 19 heavy (non-hydrogen) atoms. The fraction of sp³-hybridized carbons (Fsp3) is 0.467. The van der Waals surface area contributed by atoms with Gasteiger partial charge in [-0.2, -0.15) is 0 Å². The Balaban J connectivity index is 1.70. The number of nitrogens with zero attached hydrogens (tertiary/aromatic N) is 3. The van der Waals surface area contributed by atoms with Crippen molar-refractivity contribution in [3.8, 4) is 0 Å². The largest absolute Gasteiger partial charge is 0.294 e. The van der Waals surface area contributed by atoms with Crippen LogP contribution in [0, 0.1) is 0 Å². The van der Waals surface area contributed by atoms with Crippen LogP contribution in [0.3, 0.4) is 0 Å². The van der Waals surface area contributed by atoms with E-state index in [0.29, 0.717) is 0 Å². The summed E-state index contributed by atoms with van der Waals surface area (Å²) in [6, 6.07) is 4.33. The fourth-order valence-electron chi connectivity index (χ4n) is 2.52. The van der Waals surface area contributed by atoms with Gasteiger partial charge < -0.3 is 0 Å². The van der Waals surface area contributed by atoms with E-state index >= 15 is 0 Å². The molecule has 2 aromatic rings. The standard InChI is InChI=1S/C15H19N3S/c1-2-4-15-16-9-12-10-18(7-6-14(12)17-15)11-13-5-3-8-19-13/h3,5,8-9H,2,4,6-7,10-11H2,1H3. The lowest BCUT2D eigenvalue weighted by atomic mass is 10.1. The summed E-state index contributed by atoms with van der Waals surface area (Å²) in [6.45, 7) is 5.31. The number of aromatic nitrogens is 2. The second-order valence-electron chi connectivity index (χ2n) is 5.05. The first-order chi connectivity index (χ1) is 9.35. The predicted molar refractivity (Wildman–Crippen MR) is 78.2 cm³/mol. The Bertz CT molecular complexity index is 536. The summed E-state index contributed by atoms with van der Waals surface area (Å²) in [4.78, 5) is 13.1. The van der Waals surface area contributed by atoms with Crippen molar-refractivity contribution in [2.24, 2.45) is 0 Å². The molecule has 0 aromatic carbocycles. The molecule has 3 heterocycles. The quantitative estimate of drug-likeness (QED) is 0.857. The molecule has 100 valence electrons. The number of hydrogen-bond acceptors (Lipinski definition) is 4. The molecule has 0 radical (unpaired) electrons. The monoisotopic (exact) mass is 273 g/mol. The number of fused-ring (bicyclic) bond motifs is 1. The van der Waals surface area contributed by atoms with Gasteiger partial charge in [0.2, 0.25) is 0 Å². The van der Waals surface area contributed by atoms with Gasteiger partial charge in [0.25, 0.3) is 0 Å². The van der Waals surface area contributed by atoms with Crippen LogP contribution in [0.2, 0.25) is 0 Å². The third kappa shape index (κ3) is 3.01. The number of hydrogen-bond donors (Lipinski definition) is 0. The SMILES string of the molecule is CCCc1ncc2c(n1)CCN(Cc1cccs1)C2. The summed E-state index contributed by atoms with van der Waals surface area (Å²) in [7, 11) is 0. The second-order valence-corrected chi connectivity index (χ2v) is 6.08. The lowest BCUT2D eigenvalue weighted by Gasteiger charge is -2.27. The normalized spacial score (nSPS) is 15.4. The first kappa shape index (κ1) is 12.8. The van der Waals surface area contributed by atoms with Gasteiger partial charge in [0.15, 0.2) is 0 Å². The van der Waals surface area contributed by atoms with E-state index in [4.69, 9.17) is 4.98 Å². The van der Waals surface area contributed by atoms with Crippen molar-refractivity contribution in [2.45, 2.75) is 39.3 Å². The minimum atomic E-state index is 0.986. The van der Waals surface area contributed by atoms with E-state index in [1.54, 1.807) is 0 Å². The third-order valence-electron chi connectivity index (χ3n) is 3.50. The number of aryl methyl sites for hydroxylation is 1. The average Bonchev–Trinajstić information content (AvgIpc) is 2.92. The number of thiophene rings is 1. The summed E-state index contributed by atoms with van der Waals surface area (Å²) in [5.74, 6) is 1.01. The Morgan fingerprint density at radius 3 is 3.16 bits per heavy atom. The van der Waals surface area contributed by atoms with Crippen LogP contribution >= 0.6 is 11.3 Å². The zero-order chi connectivity index (χ0) is 13.1. The zero-order valence-electron chi connectivity index (χ0n) is 11.3. The van der Waals surface area contributed by atoms with Gasteiger partial charge in [-0.25, -0.2) is 9.97 Å². The molecule has 0 amide bonds. The lowest BCUT2D eigenvalue weighted by Crippen LogP contribution is -2.30. The molecule has 0 spiro atoms. The van der Waals surface area contributed by atoms with Gasteiger partial charge in [-0.05, 0) is 17.9 Å². The first-order valence-corrected chi connectivity index (χ1v) is 7.81. The fourth-order valence-corrected chi connectivity index (χ4v) is 3.26. The van der Waals surface area contributed by atoms with Crippen molar-refractivity contribution in [3.63, 3.8) is 0 Å². The van der Waals surface area contributed by atoms with Crippen LogP contribution in [-0.4, -0.2) is 21.4 Å². The van der Waals surface area contributed by atoms with Gasteiger partial charge in [-0.1, -0.05) is 13.0 Å². The third-order valence-corrected chi connectivity index (χ3v) is 4.36. The first-order valence-electron chi connectivity index (χ1n) is 6.93. The Morgan fingerprint density at radius 2 is 2.37 bits per heavy atom. The number of rotatable bonds is 4. The van der Waals surface area contributed by atoms with Crippen LogP contribution in [0.15, 0.2) is 23.7 Å². The lowest BCUT2D eigenvalue weighted by molar-refractivity contribution is 0.244. The molecular weight excluding hydrogens is 254 g/mol. The van der Waals surface area contributed by atoms with Crippen molar-refractivity contribution < 1.29 is 0 Å². The Hall–Kier alpha value is -1.26. The molecule has 0 bridgehead atoms. The van der Waals surface area contributed by atoms with Crippen LogP contribution in [-0.2, 0) is 25.9 Å². The highest BCUT2D eigenvalue weighted by Gasteiger charge is 2.18. The summed E-state index contributed by atoms with van der Waals surface area (Å²) in [5.41, 5.74) is 2.57. The van der Waals surface area contributed by atoms with Crippen LogP contribution in [0.4, 0.5) is 0 Å². The molecule has 0 saturated heterocycles. The Kier molecular flexibility index (Phi) is 3.89. The van der Waals surface area contributed by atoms with Gasteiger partial charge >= 0.3 is 0 Å². The highest BCUT2D eigenvalue weighted by molar-refractivity contribution is 7.09. The van der Waals surface area contributed by atoms with Gasteiger partial charge in [0.1, 0.15) is 5.82 Å². The minimum Gasteiger partial charge on any atom is -0.294 e. The zero-order valence-corrected chi connectivity index (χ0v) is 12.1. The molecule has 0 N–H and O–H groups in total. The summed E-state index contributed by atoms with van der Waals surface area (Å²) < 4.78 is 0. The van der Waals surface area contributed by atoms with E-state index in [1.807, 2.05) is 17.5 Å². The maximum atomic E-state index is 4.70. The maximum Gasteiger partial charge on any atom is 0.128 e. The van der Waals surface area contributed by atoms with Gasteiger partial charge in [-0.3, -0.25) is 4.90 Å². The molecule has 0 unspecified atom stereocenters. The second kappa shape index (κ2) is 5.80. The minimum absolute atomic E-state index is 0.986. The maximum absolute atomic E-state index is 4.70. The molecule has 0 atom stereocenters. The topological polar surface area (TPSA) is 29.0 Å². The van der Waals surface area contributed by atoms with Crippen LogP contribution in [0.5, 0.6) is 0 Å². The predicted octanol–water partition coefficient (Wildman–Crippen LogP) is 3.05.